The van der Waals surface area contributed by atoms with Crippen LogP contribution in [0.1, 0.15) is 105 Å². The first kappa shape index (κ1) is 69.0. The summed E-state index contributed by atoms with van der Waals surface area (Å²) >= 11 is 0. The summed E-state index contributed by atoms with van der Waals surface area (Å²) in [6, 6.07) is 6.70. The van der Waals surface area contributed by atoms with E-state index in [-0.39, 0.29) is 44.9 Å². The Morgan fingerprint density at radius 1 is 0.678 bits per heavy atom. The SMILES string of the molecule is COc1ccc(/C=C\C(=O)O[C@@H]2[C@@H](O[C@@H]3OC[C@@](O)(CO)[C@H]3O)[C@H](O[C@@H]3O[C@H](C)[C@H](O)[C@H](O)[C@H]3O)[C@H](OC(=O)[C@@]34CC[C@]5(CO)C(=CC[C@@H]6[C@@]7(C)C[C@@H](O)[C@H](O[C@@H]8O[C@H](CO)[C@@H](O)[C@H](O)[C@H]8O)[C@](C)(C(=O)O)[C@H]7CC[C@]65C)[C@@H]3CC(C)(C)C[C@H]4O)O[C@H]2C)cc1. The van der Waals surface area contributed by atoms with Crippen LogP contribution in [0, 0.1) is 50.2 Å². The number of rotatable bonds is 16. The van der Waals surface area contributed by atoms with Crippen molar-refractivity contribution in [2.24, 2.45) is 50.2 Å². The zero-order valence-electron chi connectivity index (χ0n) is 51.9. The number of methoxy groups -OCH3 is 1. The van der Waals surface area contributed by atoms with E-state index in [4.69, 9.17) is 47.4 Å². The normalized spacial score (nSPS) is 49.1. The third-order valence-electron chi connectivity index (χ3n) is 22.8. The Hall–Kier alpha value is -3.89. The fourth-order valence-corrected chi connectivity index (χ4v) is 17.7. The molecule has 5 aliphatic carbocycles. The zero-order chi connectivity index (χ0) is 65.7. The first-order valence-electron chi connectivity index (χ1n) is 31.2. The minimum absolute atomic E-state index is 0.0251. The van der Waals surface area contributed by atoms with Crippen LogP contribution in [0.25, 0.3) is 6.08 Å². The molecule has 27 heteroatoms. The van der Waals surface area contributed by atoms with Gasteiger partial charge in [0.2, 0.25) is 6.29 Å². The lowest BCUT2D eigenvalue weighted by Gasteiger charge is -2.71. The van der Waals surface area contributed by atoms with Gasteiger partial charge in [-0.2, -0.15) is 0 Å². The lowest BCUT2D eigenvalue weighted by atomic mass is 9.33. The van der Waals surface area contributed by atoms with Crippen molar-refractivity contribution in [3.8, 4) is 5.75 Å². The van der Waals surface area contributed by atoms with E-state index >= 15 is 4.79 Å². The Morgan fingerprint density at radius 3 is 1.94 bits per heavy atom. The number of esters is 2. The van der Waals surface area contributed by atoms with Crippen LogP contribution in [-0.4, -0.2) is 251 Å². The Bertz CT molecular complexity index is 2820. The summed E-state index contributed by atoms with van der Waals surface area (Å²) in [6.07, 6.45) is -28.2. The molecule has 0 spiro atoms. The monoisotopic (exact) mass is 1280 g/mol. The third kappa shape index (κ3) is 11.3. The van der Waals surface area contributed by atoms with Crippen LogP contribution in [0.3, 0.4) is 0 Å². The summed E-state index contributed by atoms with van der Waals surface area (Å²) in [5, 5.41) is 157. The second-order valence-electron chi connectivity index (χ2n) is 28.4. The number of ether oxygens (including phenoxy) is 10. The maximum absolute atomic E-state index is 16.1. The van der Waals surface area contributed by atoms with Gasteiger partial charge in [-0.1, -0.05) is 51.5 Å². The molecule has 0 radical (unpaired) electrons. The first-order valence-corrected chi connectivity index (χ1v) is 31.2. The maximum Gasteiger partial charge on any atom is 0.331 e. The molecule has 4 aliphatic heterocycles. The van der Waals surface area contributed by atoms with Crippen LogP contribution in [0.2, 0.25) is 0 Å². The molecule has 0 aromatic heterocycles. The van der Waals surface area contributed by atoms with Gasteiger partial charge >= 0.3 is 17.9 Å². The Labute approximate surface area is 521 Å². The molecule has 29 atom stereocenters. The average Bonchev–Trinajstić information content (AvgIpc) is 0.721. The predicted octanol–water partition coefficient (Wildman–Crippen LogP) is -1.09. The lowest BCUT2D eigenvalue weighted by molar-refractivity contribution is -0.372. The molecule has 0 bridgehead atoms. The van der Waals surface area contributed by atoms with Crippen molar-refractivity contribution < 1.29 is 133 Å². The van der Waals surface area contributed by atoms with Crippen LogP contribution in [0.15, 0.2) is 42.0 Å². The molecule has 1 aromatic rings. The van der Waals surface area contributed by atoms with Crippen molar-refractivity contribution in [2.75, 3.05) is 33.5 Å². The largest absolute Gasteiger partial charge is 0.497 e. The van der Waals surface area contributed by atoms with Gasteiger partial charge < -0.3 is 119 Å². The topological polar surface area (TPSA) is 427 Å². The Morgan fingerprint density at radius 2 is 1.32 bits per heavy atom. The summed E-state index contributed by atoms with van der Waals surface area (Å²) in [7, 11) is 1.50. The van der Waals surface area contributed by atoms with Crippen molar-refractivity contribution >= 4 is 24.0 Å². The highest BCUT2D eigenvalue weighted by Gasteiger charge is 2.75. The minimum Gasteiger partial charge on any atom is -0.497 e. The molecule has 506 valence electrons. The molecule has 0 unspecified atom stereocenters. The molecule has 14 N–H and O–H groups in total. The molecule has 4 saturated heterocycles. The molecule has 4 saturated carbocycles. The standard InChI is InChI=1S/C63H92O27/c1-28-40(70)42(72)44(74)51(83-28)88-48-47(87-54-49(76)62(80,26-66)27-82-54)46(86-39(69)16-11-30-9-12-31(81-8)13-10-30)29(2)84-53(48)90-56(79)63-20-19-61(25-65)32(33(63)21-57(3,4)23-38(63)68)14-15-36-58(5)22-34(67)50(60(7,55(77)78)37(58)17-18-59(36,61)6)89-52-45(75)43(73)41(71)35(24-64)85-52/h9-14,16,28-29,33-38,40-54,64-68,70-76,80H,15,17-27H2,1-8H3,(H,77,78)/b16-11-/t28-,29+,33+,34-,35-,36-,37+,38-,40+,41-,42+,43+,44-,45-,46+,47-,48+,49+,50+,51+,52+,53+,54+,58-,59-,60-,61+,62+,63+/m1/s1. The number of benzene rings is 1. The molecule has 4 heterocycles. The van der Waals surface area contributed by atoms with E-state index in [1.54, 1.807) is 24.3 Å². The first-order chi connectivity index (χ1) is 42.3. The van der Waals surface area contributed by atoms with E-state index in [0.29, 0.717) is 23.3 Å². The van der Waals surface area contributed by atoms with Gasteiger partial charge in [0.25, 0.3) is 0 Å². The molecular weight excluding hydrogens is 1190 g/mol. The van der Waals surface area contributed by atoms with E-state index in [1.165, 1.54) is 34.0 Å². The summed E-state index contributed by atoms with van der Waals surface area (Å²) < 4.78 is 60.7. The molecule has 8 fully saturated rings. The number of carbonyl (C=O) groups is 3. The summed E-state index contributed by atoms with van der Waals surface area (Å²) in [5.74, 6) is -4.74. The second-order valence-corrected chi connectivity index (χ2v) is 28.4. The number of fused-ring (bicyclic) bond motifs is 7. The maximum atomic E-state index is 16.1. The van der Waals surface area contributed by atoms with Crippen molar-refractivity contribution in [3.63, 3.8) is 0 Å². The smallest absolute Gasteiger partial charge is 0.331 e. The van der Waals surface area contributed by atoms with Gasteiger partial charge in [-0.3, -0.25) is 9.59 Å². The van der Waals surface area contributed by atoms with Gasteiger partial charge in [0.15, 0.2) is 31.1 Å². The quantitative estimate of drug-likeness (QED) is 0.0405. The van der Waals surface area contributed by atoms with Gasteiger partial charge in [0.05, 0.1) is 63.4 Å². The number of carbonyl (C=O) groups excluding carboxylic acids is 2. The molecule has 10 rings (SSSR count). The van der Waals surface area contributed by atoms with Gasteiger partial charge in [-0.25, -0.2) is 4.79 Å². The van der Waals surface area contributed by atoms with E-state index in [2.05, 4.69) is 0 Å². The van der Waals surface area contributed by atoms with E-state index in [9.17, 15) is 81.1 Å². The van der Waals surface area contributed by atoms with Gasteiger partial charge in [-0.05, 0) is 130 Å². The highest BCUT2D eigenvalue weighted by molar-refractivity contribution is 5.87. The summed E-state index contributed by atoms with van der Waals surface area (Å²) in [6.45, 7) is 9.34. The Kier molecular flexibility index (Phi) is 19.4. The van der Waals surface area contributed by atoms with Crippen LogP contribution < -0.4 is 4.74 Å². The van der Waals surface area contributed by atoms with E-state index < -0.39 is 223 Å². The highest BCUT2D eigenvalue weighted by atomic mass is 16.8. The van der Waals surface area contributed by atoms with Crippen LogP contribution >= 0.6 is 0 Å². The minimum atomic E-state index is -2.25. The van der Waals surface area contributed by atoms with E-state index in [0.717, 1.165) is 6.08 Å². The number of aliphatic hydroxyl groups is 13. The van der Waals surface area contributed by atoms with Crippen LogP contribution in [-0.2, 0) is 57.0 Å². The van der Waals surface area contributed by atoms with Gasteiger partial charge in [-0.15, -0.1) is 0 Å². The van der Waals surface area contributed by atoms with Crippen molar-refractivity contribution in [2.45, 2.75) is 228 Å². The molecule has 9 aliphatic rings. The second kappa shape index (κ2) is 25.4. The van der Waals surface area contributed by atoms with Crippen LogP contribution in [0.4, 0.5) is 0 Å². The molecule has 0 amide bonds. The number of aliphatic hydroxyl groups excluding tert-OH is 12. The third-order valence-corrected chi connectivity index (χ3v) is 22.8. The van der Waals surface area contributed by atoms with Crippen molar-refractivity contribution in [3.05, 3.63) is 47.6 Å². The number of carboxylic acids is 1. The van der Waals surface area contributed by atoms with Gasteiger partial charge in [0, 0.05) is 11.5 Å². The fourth-order valence-electron chi connectivity index (χ4n) is 17.7. The molecule has 1 aromatic carbocycles. The van der Waals surface area contributed by atoms with E-state index in [1.807, 2.05) is 33.8 Å². The van der Waals surface area contributed by atoms with Gasteiger partial charge in [0.1, 0.15) is 77.8 Å². The number of hydrogen-bond acceptors (Lipinski definition) is 26. The zero-order valence-corrected chi connectivity index (χ0v) is 51.9. The summed E-state index contributed by atoms with van der Waals surface area (Å²) in [4.78, 5) is 43.9. The lowest BCUT2D eigenvalue weighted by Crippen LogP contribution is -2.71. The number of aliphatic carboxylic acids is 1. The Balaban J connectivity index is 1.00. The average molecular weight is 1280 g/mol. The summed E-state index contributed by atoms with van der Waals surface area (Å²) in [5.41, 5.74) is -8.34. The number of allylic oxidation sites excluding steroid dienone is 1. The fraction of sp³-hybridized carbons (Fsp3) is 0.794. The molecule has 27 nitrogen and oxygen atoms in total. The molecule has 90 heavy (non-hydrogen) atoms. The highest BCUT2D eigenvalue weighted by Crippen LogP contribution is 2.76. The molecular formula is C63H92O27. The predicted molar refractivity (Wildman–Crippen MR) is 306 cm³/mol. The van der Waals surface area contributed by atoms with Crippen molar-refractivity contribution in [1.82, 2.24) is 0 Å². The van der Waals surface area contributed by atoms with Crippen molar-refractivity contribution in [1.29, 1.82) is 0 Å². The number of hydrogen-bond donors (Lipinski definition) is 14. The van der Waals surface area contributed by atoms with Crippen LogP contribution in [0.5, 0.6) is 5.75 Å². The number of carboxylic acid groups (broad SMARTS) is 1.